The maximum Gasteiger partial charge on any atom is 0.282 e. The third kappa shape index (κ3) is 1.90. The maximum atomic E-state index is 5.80. The van der Waals surface area contributed by atoms with E-state index in [1.165, 1.54) is 22.3 Å². The van der Waals surface area contributed by atoms with Crippen LogP contribution in [0.25, 0.3) is 11.1 Å². The molecule has 0 bridgehead atoms. The first-order chi connectivity index (χ1) is 10.6. The summed E-state index contributed by atoms with van der Waals surface area (Å²) < 4.78 is 5.61. The van der Waals surface area contributed by atoms with Crippen molar-refractivity contribution in [3.8, 4) is 11.1 Å². The lowest BCUT2D eigenvalue weighted by atomic mass is 9.90. The third-order valence-electron chi connectivity index (χ3n) is 4.83. The molecular formula is C18H19N3O. The average Bonchev–Trinajstić information content (AvgIpc) is 2.98. The van der Waals surface area contributed by atoms with Gasteiger partial charge in [0.25, 0.3) is 6.02 Å². The Labute approximate surface area is 130 Å². The molecule has 2 atom stereocenters. The molecule has 2 aromatic rings. The van der Waals surface area contributed by atoms with Gasteiger partial charge < -0.3 is 10.5 Å². The third-order valence-corrected chi connectivity index (χ3v) is 4.83. The smallest absolute Gasteiger partial charge is 0.282 e. The van der Waals surface area contributed by atoms with Crippen molar-refractivity contribution in [1.29, 1.82) is 0 Å². The van der Waals surface area contributed by atoms with Crippen LogP contribution in [0.1, 0.15) is 23.6 Å². The van der Waals surface area contributed by atoms with Crippen LogP contribution in [0.2, 0.25) is 0 Å². The van der Waals surface area contributed by atoms with Crippen molar-refractivity contribution < 1.29 is 4.74 Å². The molecule has 2 heterocycles. The van der Waals surface area contributed by atoms with Crippen LogP contribution in [0.15, 0.2) is 41.7 Å². The van der Waals surface area contributed by atoms with E-state index in [4.69, 9.17) is 10.5 Å². The molecule has 0 fully saturated rings. The number of hydrogen-bond donors (Lipinski definition) is 1. The summed E-state index contributed by atoms with van der Waals surface area (Å²) in [7, 11) is 0. The standard InChI is InChI=1S/C18H19N3O/c1-11-6-14(10-20-9-11)15-5-3-4-13-7-18(8-16(13)15)12(2)22-17(19)21-18/h3-6,9-10,12H,7-8H2,1-2H3,(H2,19,21)/t12-,18-/m1/s1. The van der Waals surface area contributed by atoms with Crippen LogP contribution in [-0.4, -0.2) is 22.6 Å². The second kappa shape index (κ2) is 4.57. The molecule has 0 saturated heterocycles. The number of benzene rings is 1. The first-order valence-corrected chi connectivity index (χ1v) is 7.62. The predicted octanol–water partition coefficient (Wildman–Crippen LogP) is 2.63. The summed E-state index contributed by atoms with van der Waals surface area (Å²) in [4.78, 5) is 8.95. The second-order valence-corrected chi connectivity index (χ2v) is 6.36. The number of aliphatic imine (C=N–C) groups is 1. The first kappa shape index (κ1) is 13.3. The van der Waals surface area contributed by atoms with Crippen molar-refractivity contribution in [3.05, 3.63) is 53.3 Å². The number of nitrogens with two attached hydrogens (primary N) is 1. The van der Waals surface area contributed by atoms with E-state index in [0.29, 0.717) is 6.02 Å². The van der Waals surface area contributed by atoms with Crippen LogP contribution in [0, 0.1) is 6.92 Å². The number of nitrogens with zero attached hydrogens (tertiary/aromatic N) is 2. The minimum Gasteiger partial charge on any atom is -0.460 e. The van der Waals surface area contributed by atoms with Gasteiger partial charge in [-0.3, -0.25) is 4.98 Å². The normalized spacial score (nSPS) is 25.9. The fourth-order valence-electron chi connectivity index (χ4n) is 3.67. The Balaban J connectivity index is 1.81. The zero-order valence-electron chi connectivity index (χ0n) is 12.8. The van der Waals surface area contributed by atoms with Gasteiger partial charge in [-0.2, -0.15) is 0 Å². The molecule has 112 valence electrons. The largest absolute Gasteiger partial charge is 0.460 e. The van der Waals surface area contributed by atoms with Gasteiger partial charge in [-0.25, -0.2) is 4.99 Å². The number of aryl methyl sites for hydroxylation is 1. The molecule has 22 heavy (non-hydrogen) atoms. The zero-order valence-corrected chi connectivity index (χ0v) is 12.8. The summed E-state index contributed by atoms with van der Waals surface area (Å²) in [5.74, 6) is 0. The first-order valence-electron chi connectivity index (χ1n) is 7.62. The molecular weight excluding hydrogens is 274 g/mol. The fraction of sp³-hybridized carbons (Fsp3) is 0.333. The molecule has 1 spiro atoms. The summed E-state index contributed by atoms with van der Waals surface area (Å²) in [6.07, 6.45) is 5.58. The lowest BCUT2D eigenvalue weighted by molar-refractivity contribution is 0.157. The van der Waals surface area contributed by atoms with E-state index in [0.717, 1.165) is 18.4 Å². The number of aromatic nitrogens is 1. The van der Waals surface area contributed by atoms with Crippen LogP contribution in [0.4, 0.5) is 0 Å². The van der Waals surface area contributed by atoms with Gasteiger partial charge in [0, 0.05) is 30.8 Å². The Morgan fingerprint density at radius 1 is 1.27 bits per heavy atom. The van der Waals surface area contributed by atoms with Crippen LogP contribution < -0.4 is 5.73 Å². The van der Waals surface area contributed by atoms with Crippen LogP contribution in [-0.2, 0) is 17.6 Å². The summed E-state index contributed by atoms with van der Waals surface area (Å²) in [5, 5.41) is 0. The molecule has 0 unspecified atom stereocenters. The monoisotopic (exact) mass is 293 g/mol. The van der Waals surface area contributed by atoms with Crippen molar-refractivity contribution in [2.75, 3.05) is 0 Å². The van der Waals surface area contributed by atoms with Gasteiger partial charge in [-0.15, -0.1) is 0 Å². The number of rotatable bonds is 1. The van der Waals surface area contributed by atoms with E-state index in [9.17, 15) is 0 Å². The Morgan fingerprint density at radius 2 is 2.14 bits per heavy atom. The molecule has 1 aliphatic carbocycles. The molecule has 4 rings (SSSR count). The minimum atomic E-state index is -0.236. The molecule has 2 aliphatic rings. The van der Waals surface area contributed by atoms with Crippen molar-refractivity contribution >= 4 is 6.02 Å². The van der Waals surface area contributed by atoms with Gasteiger partial charge in [0.05, 0.1) is 0 Å². The van der Waals surface area contributed by atoms with Crippen LogP contribution in [0.3, 0.4) is 0 Å². The molecule has 0 radical (unpaired) electrons. The van der Waals surface area contributed by atoms with E-state index in [-0.39, 0.29) is 11.6 Å². The van der Waals surface area contributed by atoms with Crippen molar-refractivity contribution in [1.82, 2.24) is 4.98 Å². The highest BCUT2D eigenvalue weighted by Crippen LogP contribution is 2.43. The summed E-state index contributed by atoms with van der Waals surface area (Å²) >= 11 is 0. The van der Waals surface area contributed by atoms with Gasteiger partial charge in [-0.05, 0) is 42.2 Å². The van der Waals surface area contributed by atoms with Crippen molar-refractivity contribution in [3.63, 3.8) is 0 Å². The highest BCUT2D eigenvalue weighted by atomic mass is 16.5. The SMILES string of the molecule is Cc1cncc(-c2cccc3c2C[C@@]2(C3)N=C(N)O[C@@H]2C)c1. The Kier molecular flexibility index (Phi) is 2.76. The Morgan fingerprint density at radius 3 is 2.86 bits per heavy atom. The topological polar surface area (TPSA) is 60.5 Å². The summed E-state index contributed by atoms with van der Waals surface area (Å²) in [5.41, 5.74) is 11.8. The molecule has 4 nitrogen and oxygen atoms in total. The van der Waals surface area contributed by atoms with E-state index >= 15 is 0 Å². The minimum absolute atomic E-state index is 0.0170. The number of hydrogen-bond acceptors (Lipinski definition) is 4. The van der Waals surface area contributed by atoms with Gasteiger partial charge >= 0.3 is 0 Å². The molecule has 0 saturated carbocycles. The fourth-order valence-corrected chi connectivity index (χ4v) is 3.67. The lowest BCUT2D eigenvalue weighted by Crippen LogP contribution is -2.36. The highest BCUT2D eigenvalue weighted by molar-refractivity contribution is 5.76. The number of ether oxygens (including phenoxy) is 1. The van der Waals surface area contributed by atoms with Gasteiger partial charge in [-0.1, -0.05) is 18.2 Å². The quantitative estimate of drug-likeness (QED) is 0.879. The van der Waals surface area contributed by atoms with E-state index in [2.05, 4.69) is 48.1 Å². The van der Waals surface area contributed by atoms with Crippen LogP contribution in [0.5, 0.6) is 0 Å². The van der Waals surface area contributed by atoms with Gasteiger partial charge in [0.1, 0.15) is 11.6 Å². The lowest BCUT2D eigenvalue weighted by Gasteiger charge is -2.23. The molecule has 4 heteroatoms. The Hall–Kier alpha value is -2.36. The zero-order chi connectivity index (χ0) is 15.3. The number of amidine groups is 1. The molecule has 0 amide bonds. The van der Waals surface area contributed by atoms with Crippen molar-refractivity contribution in [2.45, 2.75) is 38.3 Å². The Bertz CT molecular complexity index is 784. The predicted molar refractivity (Wildman–Crippen MR) is 86.7 cm³/mol. The number of pyridine rings is 1. The van der Waals surface area contributed by atoms with Gasteiger partial charge in [0.2, 0.25) is 0 Å². The second-order valence-electron chi connectivity index (χ2n) is 6.36. The molecule has 2 N–H and O–H groups in total. The van der Waals surface area contributed by atoms with Crippen molar-refractivity contribution in [2.24, 2.45) is 10.7 Å². The average molecular weight is 293 g/mol. The van der Waals surface area contributed by atoms with E-state index in [1.807, 2.05) is 12.4 Å². The molecule has 1 aliphatic heterocycles. The molecule has 1 aromatic carbocycles. The summed E-state index contributed by atoms with van der Waals surface area (Å²) in [6, 6.07) is 8.97. The van der Waals surface area contributed by atoms with Crippen LogP contribution >= 0.6 is 0 Å². The van der Waals surface area contributed by atoms with E-state index in [1.54, 1.807) is 0 Å². The van der Waals surface area contributed by atoms with Gasteiger partial charge in [0.15, 0.2) is 0 Å². The maximum absolute atomic E-state index is 5.80. The highest BCUT2D eigenvalue weighted by Gasteiger charge is 2.48. The molecule has 1 aromatic heterocycles. The number of fused-ring (bicyclic) bond motifs is 1. The van der Waals surface area contributed by atoms with E-state index < -0.39 is 0 Å². The summed E-state index contributed by atoms with van der Waals surface area (Å²) in [6.45, 7) is 4.13.